The van der Waals surface area contributed by atoms with E-state index in [0.717, 1.165) is 0 Å². The van der Waals surface area contributed by atoms with Crippen molar-refractivity contribution in [2.45, 2.75) is 24.8 Å². The number of hydrogen-bond donors (Lipinski definition) is 1. The molecule has 150 valence electrons. The van der Waals surface area contributed by atoms with Crippen molar-refractivity contribution >= 4 is 33.1 Å². The summed E-state index contributed by atoms with van der Waals surface area (Å²) in [4.78, 5) is 12.8. The summed E-state index contributed by atoms with van der Waals surface area (Å²) in [5.41, 5.74) is 0.477. The van der Waals surface area contributed by atoms with Crippen LogP contribution in [0, 0.1) is 0 Å². The molecule has 0 aliphatic rings. The Hall–Kier alpha value is -2.97. The minimum absolute atomic E-state index is 0.0269. The van der Waals surface area contributed by atoms with Crippen LogP contribution in [0.5, 0.6) is 5.75 Å². The first kappa shape index (κ1) is 20.8. The first-order valence-corrected chi connectivity index (χ1v) is 10.5. The van der Waals surface area contributed by atoms with Gasteiger partial charge in [-0.3, -0.25) is 9.52 Å². The summed E-state index contributed by atoms with van der Waals surface area (Å²) in [7, 11) is -3.94. The van der Waals surface area contributed by atoms with E-state index in [9.17, 15) is 13.2 Å². The Kier molecular flexibility index (Phi) is 6.14. The molecule has 0 radical (unpaired) electrons. The third-order valence-electron chi connectivity index (χ3n) is 3.82. The molecule has 2 aromatic carbocycles. The lowest BCUT2D eigenvalue weighted by molar-refractivity contribution is 0.103. The van der Waals surface area contributed by atoms with Crippen LogP contribution < -0.4 is 9.46 Å². The van der Waals surface area contributed by atoms with Crippen molar-refractivity contribution < 1.29 is 17.9 Å². The first-order chi connectivity index (χ1) is 13.8. The van der Waals surface area contributed by atoms with E-state index >= 15 is 0 Å². The Labute approximate surface area is 173 Å². The Bertz CT molecular complexity index is 1120. The Morgan fingerprint density at radius 3 is 2.41 bits per heavy atom. The molecule has 0 saturated heterocycles. The van der Waals surface area contributed by atoms with Crippen molar-refractivity contribution in [1.29, 1.82) is 0 Å². The molecule has 29 heavy (non-hydrogen) atoms. The van der Waals surface area contributed by atoms with E-state index in [0.29, 0.717) is 10.8 Å². The van der Waals surface area contributed by atoms with Gasteiger partial charge in [-0.2, -0.15) is 10.2 Å². The summed E-state index contributed by atoms with van der Waals surface area (Å²) in [6, 6.07) is 11.9. The highest BCUT2D eigenvalue weighted by Gasteiger charge is 2.20. The third-order valence-corrected chi connectivity index (χ3v) is 5.44. The molecular weight excluding hydrogens is 414 g/mol. The molecule has 1 N–H and O–H groups in total. The van der Waals surface area contributed by atoms with Crippen molar-refractivity contribution in [3.63, 3.8) is 0 Å². The van der Waals surface area contributed by atoms with Gasteiger partial charge in [0.1, 0.15) is 5.75 Å². The Balaban J connectivity index is 1.92. The van der Waals surface area contributed by atoms with Gasteiger partial charge < -0.3 is 4.74 Å². The molecule has 0 unspecified atom stereocenters. The summed E-state index contributed by atoms with van der Waals surface area (Å²) in [6.45, 7) is 3.76. The molecule has 0 aliphatic carbocycles. The number of aromatic nitrogens is 2. The summed E-state index contributed by atoms with van der Waals surface area (Å²) >= 11 is 6.02. The van der Waals surface area contributed by atoms with Gasteiger partial charge in [0.25, 0.3) is 10.0 Å². The highest BCUT2D eigenvalue weighted by Crippen LogP contribution is 2.26. The maximum atomic E-state index is 12.8. The molecule has 0 spiro atoms. The van der Waals surface area contributed by atoms with Crippen LogP contribution in [0.2, 0.25) is 5.02 Å². The molecule has 3 aromatic rings. The molecule has 9 heteroatoms. The Morgan fingerprint density at radius 1 is 1.07 bits per heavy atom. The molecular formula is C20H18ClN3O4S. The molecule has 1 heterocycles. The molecule has 1 aromatic heterocycles. The van der Waals surface area contributed by atoms with E-state index in [1.807, 2.05) is 13.8 Å². The van der Waals surface area contributed by atoms with Crippen LogP contribution >= 0.6 is 11.6 Å². The summed E-state index contributed by atoms with van der Waals surface area (Å²) in [5.74, 6) is 0.132. The van der Waals surface area contributed by atoms with Gasteiger partial charge in [0.15, 0.2) is 5.78 Å². The van der Waals surface area contributed by atoms with Crippen molar-refractivity contribution in [1.82, 2.24) is 10.2 Å². The molecule has 3 rings (SSSR count). The van der Waals surface area contributed by atoms with Crippen LogP contribution in [-0.2, 0) is 10.0 Å². The van der Waals surface area contributed by atoms with Gasteiger partial charge in [0.05, 0.1) is 29.1 Å². The number of carbonyl (C=O) groups excluding carboxylic acids is 1. The van der Waals surface area contributed by atoms with Crippen molar-refractivity contribution in [3.8, 4) is 5.75 Å². The highest BCUT2D eigenvalue weighted by molar-refractivity contribution is 7.92. The lowest BCUT2D eigenvalue weighted by Gasteiger charge is -2.14. The zero-order valence-electron chi connectivity index (χ0n) is 15.7. The number of ether oxygens (including phenoxy) is 1. The van der Waals surface area contributed by atoms with E-state index < -0.39 is 15.8 Å². The normalized spacial score (nSPS) is 11.3. The number of sulfonamides is 1. The third kappa shape index (κ3) is 5.10. The van der Waals surface area contributed by atoms with Crippen molar-refractivity contribution in [2.24, 2.45) is 0 Å². The SMILES string of the molecule is CC(C)Oc1ccc(S(=O)(=O)Nc2ccc(Cl)cc2C(=O)c2ccnnc2)cc1. The van der Waals surface area contributed by atoms with E-state index in [1.165, 1.54) is 48.8 Å². The van der Waals surface area contributed by atoms with Gasteiger partial charge in [-0.05, 0) is 62.4 Å². The zero-order chi connectivity index (χ0) is 21.0. The highest BCUT2D eigenvalue weighted by atomic mass is 35.5. The van der Waals surface area contributed by atoms with Crippen molar-refractivity contribution in [2.75, 3.05) is 4.72 Å². The van der Waals surface area contributed by atoms with E-state index in [1.54, 1.807) is 12.1 Å². The first-order valence-electron chi connectivity index (χ1n) is 8.67. The smallest absolute Gasteiger partial charge is 0.261 e. The average Bonchev–Trinajstić information content (AvgIpc) is 2.69. The quantitative estimate of drug-likeness (QED) is 0.569. The van der Waals surface area contributed by atoms with Gasteiger partial charge in [-0.25, -0.2) is 8.42 Å². The number of halogens is 1. The van der Waals surface area contributed by atoms with E-state index in [-0.39, 0.29) is 27.8 Å². The molecule has 7 nitrogen and oxygen atoms in total. The number of ketones is 1. The number of hydrogen-bond acceptors (Lipinski definition) is 6. The van der Waals surface area contributed by atoms with Gasteiger partial charge in [-0.15, -0.1) is 0 Å². The number of anilines is 1. The standard InChI is InChI=1S/C20H18ClN3O4S/c1-13(2)28-16-4-6-17(7-5-16)29(26,27)24-19-8-3-15(21)11-18(19)20(25)14-9-10-22-23-12-14/h3-13,24H,1-2H3. The molecule has 0 saturated carbocycles. The number of rotatable bonds is 7. The second-order valence-corrected chi connectivity index (χ2v) is 8.51. The van der Waals surface area contributed by atoms with E-state index in [4.69, 9.17) is 16.3 Å². The van der Waals surface area contributed by atoms with Crippen molar-refractivity contribution in [3.05, 3.63) is 77.1 Å². The summed E-state index contributed by atoms with van der Waals surface area (Å²) in [5, 5.41) is 7.61. The fourth-order valence-corrected chi connectivity index (χ4v) is 3.80. The van der Waals surface area contributed by atoms with Gasteiger partial charge in [-0.1, -0.05) is 11.6 Å². The molecule has 0 amide bonds. The van der Waals surface area contributed by atoms with Gasteiger partial charge in [0, 0.05) is 16.1 Å². The predicted molar refractivity (Wildman–Crippen MR) is 110 cm³/mol. The predicted octanol–water partition coefficient (Wildman–Crippen LogP) is 3.95. The van der Waals surface area contributed by atoms with Crippen LogP contribution in [-0.4, -0.2) is 30.5 Å². The van der Waals surface area contributed by atoms with Crippen LogP contribution in [0.1, 0.15) is 29.8 Å². The largest absolute Gasteiger partial charge is 0.491 e. The minimum atomic E-state index is -3.94. The second kappa shape index (κ2) is 8.59. The number of benzene rings is 2. The number of nitrogens with zero attached hydrogens (tertiary/aromatic N) is 2. The number of carbonyl (C=O) groups is 1. The maximum absolute atomic E-state index is 12.8. The van der Waals surface area contributed by atoms with Crippen LogP contribution in [0.15, 0.2) is 65.8 Å². The molecule has 0 aliphatic heterocycles. The minimum Gasteiger partial charge on any atom is -0.491 e. The second-order valence-electron chi connectivity index (χ2n) is 6.39. The average molecular weight is 432 g/mol. The number of nitrogens with one attached hydrogen (secondary N) is 1. The lowest BCUT2D eigenvalue weighted by Crippen LogP contribution is -2.16. The van der Waals surface area contributed by atoms with Gasteiger partial charge >= 0.3 is 0 Å². The van der Waals surface area contributed by atoms with Crippen LogP contribution in [0.25, 0.3) is 0 Å². The topological polar surface area (TPSA) is 98.2 Å². The Morgan fingerprint density at radius 2 is 1.79 bits per heavy atom. The molecule has 0 fully saturated rings. The summed E-state index contributed by atoms with van der Waals surface area (Å²) in [6.07, 6.45) is 2.65. The monoisotopic (exact) mass is 431 g/mol. The van der Waals surface area contributed by atoms with Gasteiger partial charge in [0.2, 0.25) is 0 Å². The molecule has 0 bridgehead atoms. The fourth-order valence-electron chi connectivity index (χ4n) is 2.55. The lowest BCUT2D eigenvalue weighted by atomic mass is 10.0. The maximum Gasteiger partial charge on any atom is 0.261 e. The van der Waals surface area contributed by atoms with E-state index in [2.05, 4.69) is 14.9 Å². The fraction of sp³-hybridized carbons (Fsp3) is 0.150. The van der Waals surface area contributed by atoms with Crippen LogP contribution in [0.4, 0.5) is 5.69 Å². The zero-order valence-corrected chi connectivity index (χ0v) is 17.2. The molecule has 0 atom stereocenters. The summed E-state index contributed by atoms with van der Waals surface area (Å²) < 4.78 is 33.6. The van der Waals surface area contributed by atoms with Crippen LogP contribution in [0.3, 0.4) is 0 Å².